The lowest BCUT2D eigenvalue weighted by molar-refractivity contribution is -0.171. The van der Waals surface area contributed by atoms with Crippen molar-refractivity contribution in [2.24, 2.45) is 0 Å². The molecule has 0 bridgehead atoms. The van der Waals surface area contributed by atoms with Crippen molar-refractivity contribution in [3.63, 3.8) is 0 Å². The van der Waals surface area contributed by atoms with Crippen LogP contribution in [0.4, 0.5) is 5.69 Å². The number of nitrogens with zero attached hydrogens (tertiary/aromatic N) is 2. The summed E-state index contributed by atoms with van der Waals surface area (Å²) < 4.78 is 30.1. The summed E-state index contributed by atoms with van der Waals surface area (Å²) in [7, 11) is -4.87. The van der Waals surface area contributed by atoms with Crippen LogP contribution in [0.15, 0.2) is 36.4 Å². The average Bonchev–Trinajstić information content (AvgIpc) is 3.10. The molecule has 0 aliphatic carbocycles. The summed E-state index contributed by atoms with van der Waals surface area (Å²) >= 11 is 0. The minimum Gasteiger partial charge on any atom is -0.279 e. The number of hydrogen-bond acceptors (Lipinski definition) is 8. The first-order valence-electron chi connectivity index (χ1n) is 7.25. The highest BCUT2D eigenvalue weighted by Gasteiger charge is 2.28. The maximum Gasteiger partial charge on any atom is 0.333 e. The summed E-state index contributed by atoms with van der Waals surface area (Å²) in [5, 5.41) is 7.07. The third-order valence-electron chi connectivity index (χ3n) is 3.41. The Morgan fingerprint density at radius 2 is 1.48 bits per heavy atom. The van der Waals surface area contributed by atoms with Gasteiger partial charge < -0.3 is 0 Å². The fourth-order valence-corrected chi connectivity index (χ4v) is 2.57. The molecule has 3 rings (SSSR count). The van der Waals surface area contributed by atoms with Crippen molar-refractivity contribution < 1.29 is 42.2 Å². The number of anilines is 1. The first-order valence-corrected chi connectivity index (χ1v) is 8.69. The molecule has 1 aromatic carbocycles. The highest BCUT2D eigenvalue weighted by Crippen LogP contribution is 2.21. The molecule has 1 aromatic rings. The van der Waals surface area contributed by atoms with E-state index in [0.29, 0.717) is 0 Å². The predicted molar refractivity (Wildman–Crippen MR) is 86.8 cm³/mol. The van der Waals surface area contributed by atoms with E-state index < -0.39 is 38.9 Å². The number of imide groups is 2. The van der Waals surface area contributed by atoms with Crippen LogP contribution < -0.4 is 4.90 Å². The molecule has 4 amide bonds. The first-order chi connectivity index (χ1) is 12.5. The molecule has 1 fully saturated rings. The number of carbonyl (C=O) groups is 5. The zero-order valence-electron chi connectivity index (χ0n) is 13.4. The van der Waals surface area contributed by atoms with Crippen molar-refractivity contribution in [2.75, 3.05) is 4.90 Å². The van der Waals surface area contributed by atoms with Crippen LogP contribution in [0.1, 0.15) is 23.2 Å². The molecule has 142 valence electrons. The molecule has 11 nitrogen and oxygen atoms in total. The van der Waals surface area contributed by atoms with Crippen LogP contribution in [-0.4, -0.2) is 52.0 Å². The SMILES string of the molecule is O=C1C=CC(=O)N1c1cccc(C(=O)S(=O)(=O)O)c1.O=C1CCC(=O)N1O. The number of hydrogen-bond donors (Lipinski definition) is 2. The van der Waals surface area contributed by atoms with Gasteiger partial charge in [0.1, 0.15) is 0 Å². The van der Waals surface area contributed by atoms with E-state index in [1.54, 1.807) is 0 Å². The van der Waals surface area contributed by atoms with Gasteiger partial charge in [-0.25, -0.2) is 4.90 Å². The van der Waals surface area contributed by atoms with E-state index in [9.17, 15) is 32.4 Å². The number of hydroxylamine groups is 2. The third kappa shape index (κ3) is 4.49. The molecular weight excluding hydrogens is 384 g/mol. The normalized spacial score (nSPS) is 16.7. The van der Waals surface area contributed by atoms with Gasteiger partial charge in [-0.2, -0.15) is 13.5 Å². The van der Waals surface area contributed by atoms with E-state index in [2.05, 4.69) is 0 Å². The van der Waals surface area contributed by atoms with Crippen LogP contribution in [-0.2, 0) is 29.3 Å². The van der Waals surface area contributed by atoms with Gasteiger partial charge in [0, 0.05) is 30.6 Å². The fraction of sp³-hybridized carbons (Fsp3) is 0.133. The van der Waals surface area contributed by atoms with Gasteiger partial charge in [0.2, 0.25) is 0 Å². The zero-order valence-corrected chi connectivity index (χ0v) is 14.2. The maximum atomic E-state index is 11.4. The van der Waals surface area contributed by atoms with Gasteiger partial charge in [0.25, 0.3) is 23.6 Å². The molecule has 2 aliphatic heterocycles. The lowest BCUT2D eigenvalue weighted by Gasteiger charge is -2.14. The predicted octanol–water partition coefficient (Wildman–Crippen LogP) is -0.331. The molecule has 0 spiro atoms. The van der Waals surface area contributed by atoms with Crippen LogP contribution in [0.5, 0.6) is 0 Å². The molecular formula is C15H12N2O9S. The molecule has 0 atom stereocenters. The number of benzene rings is 1. The molecule has 0 unspecified atom stereocenters. The van der Waals surface area contributed by atoms with Gasteiger partial charge in [-0.15, -0.1) is 0 Å². The van der Waals surface area contributed by atoms with Crippen molar-refractivity contribution in [2.45, 2.75) is 12.8 Å². The van der Waals surface area contributed by atoms with Crippen LogP contribution in [0, 0.1) is 0 Å². The highest BCUT2D eigenvalue weighted by atomic mass is 32.2. The quantitative estimate of drug-likeness (QED) is 0.386. The van der Waals surface area contributed by atoms with Gasteiger partial charge in [-0.05, 0) is 12.1 Å². The van der Waals surface area contributed by atoms with E-state index in [0.717, 1.165) is 29.2 Å². The molecule has 0 saturated carbocycles. The highest BCUT2D eigenvalue weighted by molar-refractivity contribution is 8.01. The minimum atomic E-state index is -4.87. The largest absolute Gasteiger partial charge is 0.333 e. The zero-order chi connectivity index (χ0) is 20.4. The maximum absolute atomic E-state index is 11.4. The van der Waals surface area contributed by atoms with E-state index >= 15 is 0 Å². The molecule has 2 N–H and O–H groups in total. The van der Waals surface area contributed by atoms with Crippen molar-refractivity contribution >= 4 is 44.5 Å². The van der Waals surface area contributed by atoms with Crippen LogP contribution >= 0.6 is 0 Å². The smallest absolute Gasteiger partial charge is 0.279 e. The van der Waals surface area contributed by atoms with Gasteiger partial charge >= 0.3 is 15.2 Å². The number of amides is 4. The van der Waals surface area contributed by atoms with Crippen LogP contribution in [0.3, 0.4) is 0 Å². The number of carbonyl (C=O) groups excluding carboxylic acids is 5. The van der Waals surface area contributed by atoms with Crippen molar-refractivity contribution in [1.29, 1.82) is 0 Å². The monoisotopic (exact) mass is 396 g/mol. The average molecular weight is 396 g/mol. The summed E-state index contributed by atoms with van der Waals surface area (Å²) in [5.74, 6) is -2.20. The lowest BCUT2D eigenvalue weighted by atomic mass is 10.2. The Balaban J connectivity index is 0.000000273. The second-order valence-electron chi connectivity index (χ2n) is 5.26. The number of rotatable bonds is 2. The van der Waals surface area contributed by atoms with E-state index in [1.165, 1.54) is 12.1 Å². The molecule has 2 aliphatic rings. The molecule has 1 saturated heterocycles. The molecule has 0 aromatic heterocycles. The summed E-state index contributed by atoms with van der Waals surface area (Å²) in [6.07, 6.45) is 2.41. The minimum absolute atomic E-state index is 0.0505. The topological polar surface area (TPSA) is 166 Å². The Bertz CT molecular complexity index is 947. The van der Waals surface area contributed by atoms with Crippen LogP contribution in [0.2, 0.25) is 0 Å². The van der Waals surface area contributed by atoms with Crippen molar-refractivity contribution in [3.05, 3.63) is 42.0 Å². The van der Waals surface area contributed by atoms with Crippen LogP contribution in [0.25, 0.3) is 0 Å². The summed E-state index contributed by atoms with van der Waals surface area (Å²) in [5.41, 5.74) is -0.290. The van der Waals surface area contributed by atoms with Gasteiger partial charge in [-0.3, -0.25) is 33.7 Å². The Labute approximate surface area is 152 Å². The van der Waals surface area contributed by atoms with Crippen molar-refractivity contribution in [1.82, 2.24) is 5.06 Å². The van der Waals surface area contributed by atoms with Crippen molar-refractivity contribution in [3.8, 4) is 0 Å². The Morgan fingerprint density at radius 1 is 0.963 bits per heavy atom. The third-order valence-corrected chi connectivity index (χ3v) is 4.11. The second-order valence-corrected chi connectivity index (χ2v) is 6.58. The fourth-order valence-electron chi connectivity index (χ4n) is 2.14. The van der Waals surface area contributed by atoms with E-state index in [-0.39, 0.29) is 29.2 Å². The molecule has 0 radical (unpaired) electrons. The second kappa shape index (κ2) is 7.57. The first kappa shape index (κ1) is 20.1. The Morgan fingerprint density at radius 3 is 1.89 bits per heavy atom. The summed E-state index contributed by atoms with van der Waals surface area (Å²) in [4.78, 5) is 55.5. The van der Waals surface area contributed by atoms with Gasteiger partial charge in [0.15, 0.2) is 0 Å². The van der Waals surface area contributed by atoms with Gasteiger partial charge in [-0.1, -0.05) is 12.1 Å². The van der Waals surface area contributed by atoms with Gasteiger partial charge in [0.05, 0.1) is 5.69 Å². The standard InChI is InChI=1S/C11H7NO6S.C4H5NO3/c13-9-4-5-10(14)12(9)8-3-1-2-7(6-8)11(15)19(16,17)18;6-3-1-2-4(7)5(3)8/h1-6H,(H,16,17,18);8H,1-2H2. The molecule has 12 heteroatoms. The Kier molecular flexibility index (Phi) is 5.64. The summed E-state index contributed by atoms with van der Waals surface area (Å²) in [6, 6.07) is 4.85. The van der Waals surface area contributed by atoms with E-state index in [4.69, 9.17) is 9.76 Å². The molecule has 2 heterocycles. The lowest BCUT2D eigenvalue weighted by Crippen LogP contribution is -2.29. The Hall–Kier alpha value is -3.22. The summed E-state index contributed by atoms with van der Waals surface area (Å²) in [6.45, 7) is 0. The molecule has 27 heavy (non-hydrogen) atoms. The van der Waals surface area contributed by atoms with E-state index in [1.807, 2.05) is 0 Å².